The number of nitrogens with one attached hydrogen (secondary N) is 1. The molecule has 1 atom stereocenters. The van der Waals surface area contributed by atoms with Gasteiger partial charge in [-0.25, -0.2) is 9.36 Å². The summed E-state index contributed by atoms with van der Waals surface area (Å²) < 4.78 is 7.86. The van der Waals surface area contributed by atoms with Gasteiger partial charge in [0.1, 0.15) is 12.3 Å². The standard InChI is InChI=1S/C22H25N3O4/c1-4-15(3)23-20(26)14-24-19-9-7-6-8-18(19)21(27)25(22(24)28)16-10-12-17(13-11-16)29-5-2/h6-13,15H,4-5,14H2,1-3H3,(H,23,26)/t15-/m1/s1. The van der Waals surface area contributed by atoms with Gasteiger partial charge in [0, 0.05) is 6.04 Å². The van der Waals surface area contributed by atoms with Crippen LogP contribution in [0.3, 0.4) is 0 Å². The maximum Gasteiger partial charge on any atom is 0.336 e. The molecule has 0 fully saturated rings. The third kappa shape index (κ3) is 4.23. The van der Waals surface area contributed by atoms with Crippen molar-refractivity contribution in [3.05, 3.63) is 69.4 Å². The van der Waals surface area contributed by atoms with Crippen LogP contribution in [0.4, 0.5) is 0 Å². The molecular formula is C22H25N3O4. The molecule has 3 aromatic rings. The van der Waals surface area contributed by atoms with Crippen LogP contribution in [0.5, 0.6) is 5.75 Å². The molecule has 0 spiro atoms. The van der Waals surface area contributed by atoms with Gasteiger partial charge in [0.05, 0.1) is 23.2 Å². The highest BCUT2D eigenvalue weighted by Gasteiger charge is 2.17. The smallest absolute Gasteiger partial charge is 0.336 e. The van der Waals surface area contributed by atoms with E-state index >= 15 is 0 Å². The average Bonchev–Trinajstić information content (AvgIpc) is 2.72. The number of nitrogens with zero attached hydrogens (tertiary/aromatic N) is 2. The van der Waals surface area contributed by atoms with Gasteiger partial charge in [0.25, 0.3) is 5.56 Å². The molecule has 0 radical (unpaired) electrons. The van der Waals surface area contributed by atoms with E-state index in [4.69, 9.17) is 4.74 Å². The highest BCUT2D eigenvalue weighted by molar-refractivity contribution is 5.82. The molecule has 0 unspecified atom stereocenters. The Kier molecular flexibility index (Phi) is 6.16. The van der Waals surface area contributed by atoms with Crippen molar-refractivity contribution >= 4 is 16.8 Å². The molecule has 152 valence electrons. The summed E-state index contributed by atoms with van der Waals surface area (Å²) in [6, 6.07) is 13.5. The molecule has 1 amide bonds. The zero-order chi connectivity index (χ0) is 21.0. The molecule has 7 heteroatoms. The van der Waals surface area contributed by atoms with Gasteiger partial charge in [0.15, 0.2) is 0 Å². The lowest BCUT2D eigenvalue weighted by molar-refractivity contribution is -0.122. The summed E-state index contributed by atoms with van der Waals surface area (Å²) in [6.07, 6.45) is 0.785. The van der Waals surface area contributed by atoms with Gasteiger partial charge in [-0.1, -0.05) is 19.1 Å². The molecule has 0 saturated carbocycles. The Bertz CT molecular complexity index is 1130. The number of amides is 1. The van der Waals surface area contributed by atoms with Crippen molar-refractivity contribution in [2.75, 3.05) is 6.61 Å². The third-order valence-electron chi connectivity index (χ3n) is 4.78. The van der Waals surface area contributed by atoms with Crippen LogP contribution in [-0.4, -0.2) is 27.7 Å². The Morgan fingerprint density at radius 3 is 2.41 bits per heavy atom. The number of hydrogen-bond acceptors (Lipinski definition) is 4. The molecule has 0 saturated heterocycles. The summed E-state index contributed by atoms with van der Waals surface area (Å²) >= 11 is 0. The molecule has 1 aromatic heterocycles. The molecule has 3 rings (SSSR count). The van der Waals surface area contributed by atoms with Crippen LogP contribution in [0.2, 0.25) is 0 Å². The maximum absolute atomic E-state index is 13.2. The van der Waals surface area contributed by atoms with Crippen molar-refractivity contribution in [3.8, 4) is 11.4 Å². The van der Waals surface area contributed by atoms with Gasteiger partial charge in [-0.2, -0.15) is 0 Å². The van der Waals surface area contributed by atoms with Gasteiger partial charge >= 0.3 is 5.69 Å². The summed E-state index contributed by atoms with van der Waals surface area (Å²) in [5, 5.41) is 3.24. The minimum Gasteiger partial charge on any atom is -0.494 e. The predicted octanol–water partition coefficient (Wildman–Crippen LogP) is 2.47. The van der Waals surface area contributed by atoms with E-state index in [1.807, 2.05) is 20.8 Å². The van der Waals surface area contributed by atoms with Crippen LogP contribution in [0.15, 0.2) is 58.1 Å². The molecule has 0 aliphatic heterocycles. The molecule has 0 aliphatic carbocycles. The normalized spacial score (nSPS) is 12.0. The fourth-order valence-corrected chi connectivity index (χ4v) is 3.13. The van der Waals surface area contributed by atoms with Crippen LogP contribution in [-0.2, 0) is 11.3 Å². The Balaban J connectivity index is 2.15. The van der Waals surface area contributed by atoms with Crippen LogP contribution >= 0.6 is 0 Å². The number of rotatable bonds is 7. The molecule has 1 heterocycles. The summed E-state index contributed by atoms with van der Waals surface area (Å²) in [6.45, 7) is 6.11. The number of aromatic nitrogens is 2. The van der Waals surface area contributed by atoms with Gasteiger partial charge in [-0.15, -0.1) is 0 Å². The third-order valence-corrected chi connectivity index (χ3v) is 4.78. The van der Waals surface area contributed by atoms with E-state index in [0.717, 1.165) is 11.0 Å². The zero-order valence-corrected chi connectivity index (χ0v) is 16.8. The highest BCUT2D eigenvalue weighted by Crippen LogP contribution is 2.15. The lowest BCUT2D eigenvalue weighted by Crippen LogP contribution is -2.43. The summed E-state index contributed by atoms with van der Waals surface area (Å²) in [5.41, 5.74) is -0.125. The summed E-state index contributed by atoms with van der Waals surface area (Å²) in [4.78, 5) is 38.7. The number of benzene rings is 2. The molecule has 0 bridgehead atoms. The maximum atomic E-state index is 13.2. The fourth-order valence-electron chi connectivity index (χ4n) is 3.13. The largest absolute Gasteiger partial charge is 0.494 e. The van der Waals surface area contributed by atoms with Crippen LogP contribution in [0, 0.1) is 0 Å². The van der Waals surface area contributed by atoms with Crippen molar-refractivity contribution in [2.24, 2.45) is 0 Å². The number of para-hydroxylation sites is 1. The number of fused-ring (bicyclic) bond motifs is 1. The second-order valence-corrected chi connectivity index (χ2v) is 6.83. The van der Waals surface area contributed by atoms with Gasteiger partial charge in [0.2, 0.25) is 5.91 Å². The minimum atomic E-state index is -0.558. The Labute approximate surface area is 168 Å². The topological polar surface area (TPSA) is 82.3 Å². The van der Waals surface area contributed by atoms with E-state index in [1.165, 1.54) is 4.57 Å². The molecule has 1 N–H and O–H groups in total. The van der Waals surface area contributed by atoms with E-state index in [2.05, 4.69) is 5.32 Å². The summed E-state index contributed by atoms with van der Waals surface area (Å²) in [7, 11) is 0. The molecule has 7 nitrogen and oxygen atoms in total. The van der Waals surface area contributed by atoms with Gasteiger partial charge < -0.3 is 10.1 Å². The van der Waals surface area contributed by atoms with Gasteiger partial charge in [-0.3, -0.25) is 14.2 Å². The van der Waals surface area contributed by atoms with Crippen LogP contribution < -0.4 is 21.3 Å². The molecule has 0 aliphatic rings. The lowest BCUT2D eigenvalue weighted by atomic mass is 10.2. The number of carbonyl (C=O) groups is 1. The Hall–Kier alpha value is -3.35. The second-order valence-electron chi connectivity index (χ2n) is 6.83. The van der Waals surface area contributed by atoms with E-state index in [1.54, 1.807) is 48.5 Å². The number of ether oxygens (including phenoxy) is 1. The summed E-state index contributed by atoms with van der Waals surface area (Å²) in [5.74, 6) is 0.377. The average molecular weight is 395 g/mol. The highest BCUT2D eigenvalue weighted by atomic mass is 16.5. The van der Waals surface area contributed by atoms with E-state index in [9.17, 15) is 14.4 Å². The first-order chi connectivity index (χ1) is 14.0. The number of hydrogen-bond donors (Lipinski definition) is 1. The lowest BCUT2D eigenvalue weighted by Gasteiger charge is -2.16. The van der Waals surface area contributed by atoms with E-state index in [0.29, 0.717) is 28.9 Å². The number of carbonyl (C=O) groups excluding carboxylic acids is 1. The van der Waals surface area contributed by atoms with Crippen molar-refractivity contribution in [2.45, 2.75) is 39.8 Å². The van der Waals surface area contributed by atoms with Crippen molar-refractivity contribution in [1.82, 2.24) is 14.5 Å². The Morgan fingerprint density at radius 1 is 1.07 bits per heavy atom. The van der Waals surface area contributed by atoms with Gasteiger partial charge in [-0.05, 0) is 56.7 Å². The first-order valence-corrected chi connectivity index (χ1v) is 9.73. The van der Waals surface area contributed by atoms with Crippen LogP contribution in [0.1, 0.15) is 27.2 Å². The van der Waals surface area contributed by atoms with E-state index < -0.39 is 11.2 Å². The van der Waals surface area contributed by atoms with Crippen molar-refractivity contribution in [1.29, 1.82) is 0 Å². The fraction of sp³-hybridized carbons (Fsp3) is 0.318. The predicted molar refractivity (Wildman–Crippen MR) is 113 cm³/mol. The SMILES string of the molecule is CCOc1ccc(-n2c(=O)c3ccccc3n(CC(=O)N[C@H](C)CC)c2=O)cc1. The minimum absolute atomic E-state index is 0.00137. The first-order valence-electron chi connectivity index (χ1n) is 9.73. The molecule has 2 aromatic carbocycles. The zero-order valence-electron chi connectivity index (χ0n) is 16.8. The Morgan fingerprint density at radius 2 is 1.76 bits per heavy atom. The van der Waals surface area contributed by atoms with Crippen LogP contribution in [0.25, 0.3) is 16.6 Å². The van der Waals surface area contributed by atoms with E-state index in [-0.39, 0.29) is 18.5 Å². The van der Waals surface area contributed by atoms with Crippen molar-refractivity contribution < 1.29 is 9.53 Å². The quantitative estimate of drug-likeness (QED) is 0.666. The van der Waals surface area contributed by atoms with Crippen molar-refractivity contribution in [3.63, 3.8) is 0 Å². The molecular weight excluding hydrogens is 370 g/mol. The first kappa shape index (κ1) is 20.4. The monoisotopic (exact) mass is 395 g/mol. The molecule has 29 heavy (non-hydrogen) atoms. The second kappa shape index (κ2) is 8.77.